The maximum absolute atomic E-state index is 3.54. The molecule has 2 N–H and O–H groups in total. The lowest BCUT2D eigenvalue weighted by Crippen LogP contribution is -2.37. The van der Waals surface area contributed by atoms with Gasteiger partial charge in [0, 0.05) is 6.04 Å². The van der Waals surface area contributed by atoms with Crippen LogP contribution in [0.15, 0.2) is 12.1 Å². The Kier molecular flexibility index (Phi) is 4.41. The third kappa shape index (κ3) is 2.60. The predicted molar refractivity (Wildman–Crippen MR) is 78.0 cm³/mol. The van der Waals surface area contributed by atoms with Crippen LogP contribution in [0.5, 0.6) is 0 Å². The molecule has 0 aliphatic carbocycles. The van der Waals surface area contributed by atoms with Gasteiger partial charge in [-0.25, -0.2) is 0 Å². The van der Waals surface area contributed by atoms with Crippen molar-refractivity contribution in [2.45, 2.75) is 39.7 Å². The summed E-state index contributed by atoms with van der Waals surface area (Å²) in [5.41, 5.74) is 5.78. The highest BCUT2D eigenvalue weighted by molar-refractivity contribution is 5.40. The van der Waals surface area contributed by atoms with Gasteiger partial charge in [-0.3, -0.25) is 0 Å². The van der Waals surface area contributed by atoms with Gasteiger partial charge in [-0.05, 0) is 81.9 Å². The Balaban J connectivity index is 2.29. The van der Waals surface area contributed by atoms with Crippen molar-refractivity contribution in [2.24, 2.45) is 5.92 Å². The molecule has 2 nitrogen and oxygen atoms in total. The lowest BCUT2D eigenvalue weighted by molar-refractivity contribution is 0.297. The van der Waals surface area contributed by atoms with E-state index < -0.39 is 0 Å². The molecule has 100 valence electrons. The van der Waals surface area contributed by atoms with Crippen LogP contribution in [0.4, 0.5) is 0 Å². The fourth-order valence-corrected chi connectivity index (χ4v) is 3.12. The molecule has 1 heterocycles. The van der Waals surface area contributed by atoms with Gasteiger partial charge in [-0.15, -0.1) is 0 Å². The van der Waals surface area contributed by atoms with E-state index in [1.165, 1.54) is 41.6 Å². The first-order valence-corrected chi connectivity index (χ1v) is 7.09. The molecule has 18 heavy (non-hydrogen) atoms. The number of aryl methyl sites for hydroxylation is 1. The zero-order valence-corrected chi connectivity index (χ0v) is 12.1. The Morgan fingerprint density at radius 1 is 1.22 bits per heavy atom. The van der Waals surface area contributed by atoms with E-state index in [9.17, 15) is 0 Å². The van der Waals surface area contributed by atoms with Gasteiger partial charge in [0.25, 0.3) is 0 Å². The minimum atomic E-state index is 0.483. The largest absolute Gasteiger partial charge is 0.316 e. The molecule has 0 spiro atoms. The van der Waals surface area contributed by atoms with E-state index >= 15 is 0 Å². The SMILES string of the molecule is CNC(c1ccc(C)c(C)c1C)C1CCCNC1. The smallest absolute Gasteiger partial charge is 0.0361 e. The third-order valence-electron chi connectivity index (χ3n) is 4.55. The van der Waals surface area contributed by atoms with E-state index in [-0.39, 0.29) is 0 Å². The number of benzene rings is 1. The molecule has 2 rings (SSSR count). The van der Waals surface area contributed by atoms with Crippen molar-refractivity contribution in [3.63, 3.8) is 0 Å². The van der Waals surface area contributed by atoms with E-state index in [4.69, 9.17) is 0 Å². The molecule has 1 saturated heterocycles. The number of rotatable bonds is 3. The molecule has 1 aromatic rings. The molecule has 2 unspecified atom stereocenters. The summed E-state index contributed by atoms with van der Waals surface area (Å²) in [6, 6.07) is 5.06. The molecule has 2 atom stereocenters. The average Bonchev–Trinajstić information content (AvgIpc) is 2.41. The molecule has 0 aromatic heterocycles. The van der Waals surface area contributed by atoms with Crippen molar-refractivity contribution in [3.05, 3.63) is 34.4 Å². The minimum absolute atomic E-state index is 0.483. The molecule has 0 saturated carbocycles. The Bertz CT molecular complexity index is 406. The van der Waals surface area contributed by atoms with E-state index in [1.54, 1.807) is 0 Å². The lowest BCUT2D eigenvalue weighted by atomic mass is 9.84. The molecule has 0 bridgehead atoms. The van der Waals surface area contributed by atoms with Crippen LogP contribution in [0, 0.1) is 26.7 Å². The first kappa shape index (κ1) is 13.6. The van der Waals surface area contributed by atoms with Crippen LogP contribution in [0.25, 0.3) is 0 Å². The number of hydrogen-bond acceptors (Lipinski definition) is 2. The van der Waals surface area contributed by atoms with Crippen LogP contribution in [0.1, 0.15) is 41.1 Å². The number of hydrogen-bond donors (Lipinski definition) is 2. The van der Waals surface area contributed by atoms with Gasteiger partial charge in [0.15, 0.2) is 0 Å². The monoisotopic (exact) mass is 246 g/mol. The summed E-state index contributed by atoms with van der Waals surface area (Å²) >= 11 is 0. The first-order chi connectivity index (χ1) is 8.65. The highest BCUT2D eigenvalue weighted by Crippen LogP contribution is 2.31. The van der Waals surface area contributed by atoms with E-state index in [1.807, 2.05) is 0 Å². The standard InChI is InChI=1S/C16H26N2/c1-11-7-8-15(13(3)12(11)2)16(17-4)14-6-5-9-18-10-14/h7-8,14,16-18H,5-6,9-10H2,1-4H3. The molecule has 1 aromatic carbocycles. The number of nitrogens with one attached hydrogen (secondary N) is 2. The zero-order valence-electron chi connectivity index (χ0n) is 12.1. The van der Waals surface area contributed by atoms with Gasteiger partial charge in [0.05, 0.1) is 0 Å². The van der Waals surface area contributed by atoms with Crippen LogP contribution in [-0.2, 0) is 0 Å². The summed E-state index contributed by atoms with van der Waals surface area (Å²) in [5.74, 6) is 0.713. The van der Waals surface area contributed by atoms with E-state index in [0.29, 0.717) is 12.0 Å². The molecule has 1 fully saturated rings. The van der Waals surface area contributed by atoms with Gasteiger partial charge in [-0.1, -0.05) is 12.1 Å². The molecule has 1 aliphatic heterocycles. The van der Waals surface area contributed by atoms with Gasteiger partial charge in [0.2, 0.25) is 0 Å². The van der Waals surface area contributed by atoms with Crippen LogP contribution in [0.3, 0.4) is 0 Å². The molecule has 1 aliphatic rings. The summed E-state index contributed by atoms with van der Waals surface area (Å²) < 4.78 is 0. The minimum Gasteiger partial charge on any atom is -0.316 e. The topological polar surface area (TPSA) is 24.1 Å². The maximum atomic E-state index is 3.54. The summed E-state index contributed by atoms with van der Waals surface area (Å²) in [6.45, 7) is 9.01. The van der Waals surface area contributed by atoms with Crippen molar-refractivity contribution < 1.29 is 0 Å². The highest BCUT2D eigenvalue weighted by Gasteiger charge is 2.25. The van der Waals surface area contributed by atoms with Crippen molar-refractivity contribution in [2.75, 3.05) is 20.1 Å². The maximum Gasteiger partial charge on any atom is 0.0361 e. The highest BCUT2D eigenvalue weighted by atomic mass is 14.9. The van der Waals surface area contributed by atoms with Crippen LogP contribution < -0.4 is 10.6 Å². The van der Waals surface area contributed by atoms with Gasteiger partial charge >= 0.3 is 0 Å². The molecule has 0 amide bonds. The Labute approximate surface area is 111 Å². The fraction of sp³-hybridized carbons (Fsp3) is 0.625. The summed E-state index contributed by atoms with van der Waals surface area (Å²) in [7, 11) is 2.09. The normalized spacial score (nSPS) is 21.9. The van der Waals surface area contributed by atoms with Gasteiger partial charge < -0.3 is 10.6 Å². The first-order valence-electron chi connectivity index (χ1n) is 7.09. The Morgan fingerprint density at radius 2 is 2.00 bits per heavy atom. The molecular weight excluding hydrogens is 220 g/mol. The summed E-state index contributed by atoms with van der Waals surface area (Å²) in [4.78, 5) is 0. The van der Waals surface area contributed by atoms with E-state index in [2.05, 4.69) is 50.6 Å². The second-order valence-corrected chi connectivity index (χ2v) is 5.59. The predicted octanol–water partition coefficient (Wildman–Crippen LogP) is 2.87. The average molecular weight is 246 g/mol. The van der Waals surface area contributed by atoms with Crippen molar-refractivity contribution in [1.29, 1.82) is 0 Å². The quantitative estimate of drug-likeness (QED) is 0.857. The Morgan fingerprint density at radius 3 is 2.61 bits per heavy atom. The van der Waals surface area contributed by atoms with Crippen LogP contribution in [0.2, 0.25) is 0 Å². The third-order valence-corrected chi connectivity index (χ3v) is 4.55. The number of piperidine rings is 1. The molecular formula is C16H26N2. The van der Waals surface area contributed by atoms with Crippen molar-refractivity contribution in [1.82, 2.24) is 10.6 Å². The van der Waals surface area contributed by atoms with Gasteiger partial charge in [-0.2, -0.15) is 0 Å². The zero-order chi connectivity index (χ0) is 13.1. The lowest BCUT2D eigenvalue weighted by Gasteiger charge is -2.32. The second kappa shape index (κ2) is 5.85. The second-order valence-electron chi connectivity index (χ2n) is 5.59. The summed E-state index contributed by atoms with van der Waals surface area (Å²) in [5, 5.41) is 7.06. The fourth-order valence-electron chi connectivity index (χ4n) is 3.12. The molecule has 2 heteroatoms. The summed E-state index contributed by atoms with van der Waals surface area (Å²) in [6.07, 6.45) is 2.62. The van der Waals surface area contributed by atoms with E-state index in [0.717, 1.165) is 6.54 Å². The van der Waals surface area contributed by atoms with Crippen molar-refractivity contribution >= 4 is 0 Å². The van der Waals surface area contributed by atoms with Gasteiger partial charge in [0.1, 0.15) is 0 Å². The van der Waals surface area contributed by atoms with Crippen LogP contribution in [-0.4, -0.2) is 20.1 Å². The molecule has 0 radical (unpaired) electrons. The van der Waals surface area contributed by atoms with Crippen molar-refractivity contribution in [3.8, 4) is 0 Å². The Hall–Kier alpha value is -0.860. The van der Waals surface area contributed by atoms with Crippen LogP contribution >= 0.6 is 0 Å².